The van der Waals surface area contributed by atoms with E-state index in [2.05, 4.69) is 41.5 Å². The number of carboxylic acids is 3. The number of rotatable bonds is 29. The molecule has 0 amide bonds. The number of unbranched alkanes of at least 4 members (excludes halogenated alkanes) is 12. The van der Waals surface area contributed by atoms with Gasteiger partial charge in [0.2, 0.25) is 0 Å². The zero-order valence-electron chi connectivity index (χ0n) is 28.7. The molecule has 43 heavy (non-hydrogen) atoms. The standard InChI is InChI=1S/C36H68O7/c1-28(2)22-16-10-7-13-19-25-31(32(37)38)36(43,34(41)42)35(33(39)40,26-20-14-8-11-17-23-29(3)4)27-21-15-9-12-18-24-30(5)6/h28-31,43H,7-27H2,1-6H3,(H,37,38)(H,39,40)(H,41,42). The minimum atomic E-state index is -2.89. The molecule has 0 fully saturated rings. The number of carboxylic acid groups (broad SMARTS) is 3. The van der Waals surface area contributed by atoms with Gasteiger partial charge in [0.05, 0.1) is 5.92 Å². The fourth-order valence-electron chi connectivity index (χ4n) is 6.53. The lowest BCUT2D eigenvalue weighted by atomic mass is 9.59. The van der Waals surface area contributed by atoms with Crippen molar-refractivity contribution in [1.82, 2.24) is 0 Å². The van der Waals surface area contributed by atoms with Gasteiger partial charge in [-0.2, -0.15) is 0 Å². The average Bonchev–Trinajstić information content (AvgIpc) is 2.90. The van der Waals surface area contributed by atoms with E-state index in [9.17, 15) is 34.8 Å². The van der Waals surface area contributed by atoms with Gasteiger partial charge >= 0.3 is 17.9 Å². The largest absolute Gasteiger partial charge is 0.481 e. The minimum absolute atomic E-state index is 0.0400. The molecule has 7 heteroatoms. The minimum Gasteiger partial charge on any atom is -0.481 e. The van der Waals surface area contributed by atoms with Crippen LogP contribution in [0, 0.1) is 29.1 Å². The van der Waals surface area contributed by atoms with Crippen LogP contribution in [-0.2, 0) is 14.4 Å². The molecule has 2 unspecified atom stereocenters. The lowest BCUT2D eigenvalue weighted by Gasteiger charge is -2.45. The number of aliphatic carboxylic acids is 3. The van der Waals surface area contributed by atoms with Crippen LogP contribution >= 0.6 is 0 Å². The maximum atomic E-state index is 13.1. The van der Waals surface area contributed by atoms with E-state index < -0.39 is 34.8 Å². The molecule has 254 valence electrons. The summed E-state index contributed by atoms with van der Waals surface area (Å²) in [6.07, 6.45) is 15.8. The summed E-state index contributed by atoms with van der Waals surface area (Å²) in [5, 5.41) is 43.2. The Morgan fingerprint density at radius 3 is 1.05 bits per heavy atom. The fraction of sp³-hybridized carbons (Fsp3) is 0.917. The predicted molar refractivity (Wildman–Crippen MR) is 175 cm³/mol. The van der Waals surface area contributed by atoms with Crippen LogP contribution in [0.2, 0.25) is 0 Å². The zero-order chi connectivity index (χ0) is 32.9. The lowest BCUT2D eigenvalue weighted by molar-refractivity contribution is -0.207. The molecule has 2 atom stereocenters. The maximum Gasteiger partial charge on any atom is 0.337 e. The first kappa shape index (κ1) is 41.4. The van der Waals surface area contributed by atoms with Crippen LogP contribution in [0.3, 0.4) is 0 Å². The van der Waals surface area contributed by atoms with Crippen molar-refractivity contribution in [2.45, 2.75) is 182 Å². The van der Waals surface area contributed by atoms with Gasteiger partial charge < -0.3 is 20.4 Å². The SMILES string of the molecule is CC(C)CCCCCCCC(C(=O)O)C(O)(C(=O)O)C(CCCCCCCC(C)C)(CCCCCCCC(C)C)C(=O)O. The third-order valence-electron chi connectivity index (χ3n) is 9.31. The van der Waals surface area contributed by atoms with Crippen molar-refractivity contribution < 1.29 is 34.8 Å². The van der Waals surface area contributed by atoms with E-state index in [-0.39, 0.29) is 19.3 Å². The second kappa shape index (κ2) is 22.8. The average molecular weight is 613 g/mol. The number of hydrogen-bond acceptors (Lipinski definition) is 4. The molecular formula is C36H68O7. The zero-order valence-corrected chi connectivity index (χ0v) is 28.7. The highest BCUT2D eigenvalue weighted by Gasteiger charge is 2.65. The highest BCUT2D eigenvalue weighted by Crippen LogP contribution is 2.48. The summed E-state index contributed by atoms with van der Waals surface area (Å²) in [6.45, 7) is 13.1. The van der Waals surface area contributed by atoms with Gasteiger partial charge in [-0.15, -0.1) is 0 Å². The molecule has 0 radical (unpaired) electrons. The van der Waals surface area contributed by atoms with Crippen LogP contribution in [0.15, 0.2) is 0 Å². The first-order chi connectivity index (χ1) is 20.2. The number of hydrogen-bond donors (Lipinski definition) is 4. The second-order valence-electron chi connectivity index (χ2n) is 14.5. The summed E-state index contributed by atoms with van der Waals surface area (Å²) in [5.74, 6) is -4.35. The fourth-order valence-corrected chi connectivity index (χ4v) is 6.53. The van der Waals surface area contributed by atoms with Gasteiger partial charge in [-0.3, -0.25) is 9.59 Å². The summed E-state index contributed by atoms with van der Waals surface area (Å²) >= 11 is 0. The molecule has 0 heterocycles. The smallest absolute Gasteiger partial charge is 0.337 e. The van der Waals surface area contributed by atoms with Crippen LogP contribution in [0.25, 0.3) is 0 Å². The molecule has 0 saturated heterocycles. The summed E-state index contributed by atoms with van der Waals surface area (Å²) in [6, 6.07) is 0. The van der Waals surface area contributed by atoms with Crippen LogP contribution in [0.5, 0.6) is 0 Å². The van der Waals surface area contributed by atoms with Gasteiger partial charge in [-0.25, -0.2) is 4.79 Å². The van der Waals surface area contributed by atoms with Crippen molar-refractivity contribution in [2.75, 3.05) is 0 Å². The number of aliphatic hydroxyl groups is 1. The van der Waals surface area contributed by atoms with Crippen molar-refractivity contribution in [1.29, 1.82) is 0 Å². The molecule has 0 aromatic carbocycles. The monoisotopic (exact) mass is 612 g/mol. The van der Waals surface area contributed by atoms with E-state index in [0.717, 1.165) is 96.3 Å². The Morgan fingerprint density at radius 2 is 0.767 bits per heavy atom. The van der Waals surface area contributed by atoms with E-state index in [4.69, 9.17) is 0 Å². The molecule has 0 aliphatic carbocycles. The first-order valence-electron chi connectivity index (χ1n) is 17.6. The summed E-state index contributed by atoms with van der Waals surface area (Å²) in [7, 11) is 0. The molecule has 0 aliphatic rings. The predicted octanol–water partition coefficient (Wildman–Crippen LogP) is 9.73. The highest BCUT2D eigenvalue weighted by molar-refractivity contribution is 5.93. The second-order valence-corrected chi connectivity index (χ2v) is 14.5. The summed E-state index contributed by atoms with van der Waals surface area (Å²) in [5.41, 5.74) is -4.95. The summed E-state index contributed by atoms with van der Waals surface area (Å²) in [4.78, 5) is 38.5. The Kier molecular flexibility index (Phi) is 22.0. The molecule has 0 aromatic rings. The third-order valence-corrected chi connectivity index (χ3v) is 9.31. The van der Waals surface area contributed by atoms with Crippen LogP contribution < -0.4 is 0 Å². The Balaban J connectivity index is 5.81. The van der Waals surface area contributed by atoms with E-state index in [1.807, 2.05) is 0 Å². The molecule has 7 nitrogen and oxygen atoms in total. The number of carbonyl (C=O) groups is 3. The van der Waals surface area contributed by atoms with Gasteiger partial charge in [0.25, 0.3) is 0 Å². The van der Waals surface area contributed by atoms with E-state index >= 15 is 0 Å². The van der Waals surface area contributed by atoms with Crippen molar-refractivity contribution in [2.24, 2.45) is 29.1 Å². The normalized spacial score (nSPS) is 14.4. The van der Waals surface area contributed by atoms with Gasteiger partial charge in [-0.05, 0) is 37.0 Å². The molecule has 0 aromatic heterocycles. The maximum absolute atomic E-state index is 13.1. The van der Waals surface area contributed by atoms with Gasteiger partial charge in [0.1, 0.15) is 5.41 Å². The highest BCUT2D eigenvalue weighted by atomic mass is 16.4. The van der Waals surface area contributed by atoms with Crippen LogP contribution in [0.1, 0.15) is 176 Å². The summed E-state index contributed by atoms with van der Waals surface area (Å²) < 4.78 is 0. The molecule has 0 spiro atoms. The molecular weight excluding hydrogens is 544 g/mol. The lowest BCUT2D eigenvalue weighted by Crippen LogP contribution is -2.64. The Morgan fingerprint density at radius 1 is 0.465 bits per heavy atom. The van der Waals surface area contributed by atoms with Gasteiger partial charge in [0, 0.05) is 0 Å². The van der Waals surface area contributed by atoms with Crippen LogP contribution in [0.4, 0.5) is 0 Å². The Hall–Kier alpha value is -1.63. The van der Waals surface area contributed by atoms with Gasteiger partial charge in [0.15, 0.2) is 5.60 Å². The Bertz CT molecular complexity index is 739. The third kappa shape index (κ3) is 15.8. The van der Waals surface area contributed by atoms with Crippen molar-refractivity contribution in [3.05, 3.63) is 0 Å². The quantitative estimate of drug-likeness (QED) is 0.0618. The molecule has 0 aliphatic heterocycles. The molecule has 4 N–H and O–H groups in total. The van der Waals surface area contributed by atoms with Crippen molar-refractivity contribution in [3.63, 3.8) is 0 Å². The Labute approximate surface area is 263 Å². The van der Waals surface area contributed by atoms with Crippen molar-refractivity contribution >= 4 is 17.9 Å². The van der Waals surface area contributed by atoms with Crippen molar-refractivity contribution in [3.8, 4) is 0 Å². The topological polar surface area (TPSA) is 132 Å². The molecule has 0 rings (SSSR count). The first-order valence-corrected chi connectivity index (χ1v) is 17.6. The molecule has 0 saturated carbocycles. The van der Waals surface area contributed by atoms with Gasteiger partial charge in [-0.1, -0.05) is 157 Å². The van der Waals surface area contributed by atoms with E-state index in [1.54, 1.807) is 0 Å². The van der Waals surface area contributed by atoms with Crippen LogP contribution in [-0.4, -0.2) is 43.9 Å². The van der Waals surface area contributed by atoms with E-state index in [1.165, 1.54) is 0 Å². The molecule has 0 bridgehead atoms. The van der Waals surface area contributed by atoms with E-state index in [0.29, 0.717) is 37.0 Å².